The SMILES string of the molecule is CC1CCC(NS(=O)(=O)CC(=O)NCC2CNC2)CC1.Cl. The van der Waals surface area contributed by atoms with Crippen LogP contribution in [0, 0.1) is 11.8 Å². The molecule has 6 nitrogen and oxygen atoms in total. The third-order valence-corrected chi connectivity index (χ3v) is 5.47. The minimum atomic E-state index is -3.51. The van der Waals surface area contributed by atoms with Crippen LogP contribution >= 0.6 is 12.4 Å². The van der Waals surface area contributed by atoms with Gasteiger partial charge in [0.05, 0.1) is 0 Å². The minimum absolute atomic E-state index is 0. The Bertz CT molecular complexity index is 432. The predicted molar refractivity (Wildman–Crippen MR) is 85.0 cm³/mol. The van der Waals surface area contributed by atoms with Crippen molar-refractivity contribution in [3.8, 4) is 0 Å². The van der Waals surface area contributed by atoms with E-state index in [4.69, 9.17) is 0 Å². The van der Waals surface area contributed by atoms with Crippen LogP contribution in [0.15, 0.2) is 0 Å². The number of hydrogen-bond donors (Lipinski definition) is 3. The summed E-state index contributed by atoms with van der Waals surface area (Å²) in [5, 5.41) is 5.80. The van der Waals surface area contributed by atoms with Crippen LogP contribution in [0.2, 0.25) is 0 Å². The highest BCUT2D eigenvalue weighted by molar-refractivity contribution is 7.90. The zero-order chi connectivity index (χ0) is 14.6. The van der Waals surface area contributed by atoms with Gasteiger partial charge in [-0.05, 0) is 31.6 Å². The maximum atomic E-state index is 11.9. The van der Waals surface area contributed by atoms with Crippen molar-refractivity contribution in [3.05, 3.63) is 0 Å². The van der Waals surface area contributed by atoms with Crippen LogP contribution in [-0.4, -0.2) is 45.8 Å². The zero-order valence-electron chi connectivity index (χ0n) is 12.4. The highest BCUT2D eigenvalue weighted by Crippen LogP contribution is 2.23. The number of carbonyl (C=O) groups is 1. The summed E-state index contributed by atoms with van der Waals surface area (Å²) in [6.45, 7) is 4.53. The third-order valence-electron chi connectivity index (χ3n) is 4.14. The van der Waals surface area contributed by atoms with Gasteiger partial charge in [-0.25, -0.2) is 13.1 Å². The predicted octanol–water partition coefficient (Wildman–Crippen LogP) is 0.242. The van der Waals surface area contributed by atoms with Crippen LogP contribution in [0.5, 0.6) is 0 Å². The minimum Gasteiger partial charge on any atom is -0.355 e. The summed E-state index contributed by atoms with van der Waals surface area (Å²) in [5.74, 6) is 0.248. The van der Waals surface area contributed by atoms with Crippen molar-refractivity contribution in [3.63, 3.8) is 0 Å². The summed E-state index contributed by atoms with van der Waals surface area (Å²) in [5.41, 5.74) is 0. The molecule has 21 heavy (non-hydrogen) atoms. The molecule has 2 rings (SSSR count). The molecule has 0 radical (unpaired) electrons. The first-order valence-electron chi connectivity index (χ1n) is 7.42. The van der Waals surface area contributed by atoms with Crippen molar-refractivity contribution in [1.82, 2.24) is 15.4 Å². The Morgan fingerprint density at radius 2 is 1.81 bits per heavy atom. The topological polar surface area (TPSA) is 87.3 Å². The van der Waals surface area contributed by atoms with Crippen LogP contribution in [-0.2, 0) is 14.8 Å². The molecule has 0 spiro atoms. The van der Waals surface area contributed by atoms with Crippen LogP contribution in [0.3, 0.4) is 0 Å². The van der Waals surface area contributed by atoms with Gasteiger partial charge < -0.3 is 10.6 Å². The van der Waals surface area contributed by atoms with Crippen molar-refractivity contribution < 1.29 is 13.2 Å². The average molecular weight is 340 g/mol. The molecule has 1 saturated heterocycles. The molecule has 1 amide bonds. The lowest BCUT2D eigenvalue weighted by molar-refractivity contribution is -0.118. The number of nitrogens with one attached hydrogen (secondary N) is 3. The Morgan fingerprint density at radius 3 is 2.33 bits per heavy atom. The van der Waals surface area contributed by atoms with Crippen molar-refractivity contribution >= 4 is 28.3 Å². The van der Waals surface area contributed by atoms with Crippen LogP contribution in [0.25, 0.3) is 0 Å². The van der Waals surface area contributed by atoms with Gasteiger partial charge in [0.15, 0.2) is 0 Å². The molecule has 1 aliphatic heterocycles. The van der Waals surface area contributed by atoms with Crippen molar-refractivity contribution in [2.24, 2.45) is 11.8 Å². The molecule has 1 aliphatic carbocycles. The molecule has 0 aromatic rings. The molecule has 2 aliphatic rings. The van der Waals surface area contributed by atoms with Gasteiger partial charge >= 0.3 is 0 Å². The number of halogens is 1. The fourth-order valence-electron chi connectivity index (χ4n) is 2.65. The van der Waals surface area contributed by atoms with E-state index in [9.17, 15) is 13.2 Å². The largest absolute Gasteiger partial charge is 0.355 e. The molecule has 0 atom stereocenters. The Kier molecular flexibility index (Phi) is 7.39. The summed E-state index contributed by atoms with van der Waals surface area (Å²) in [4.78, 5) is 11.6. The van der Waals surface area contributed by atoms with E-state index in [0.717, 1.165) is 38.8 Å². The number of sulfonamides is 1. The average Bonchev–Trinajstić information content (AvgIpc) is 2.29. The first kappa shape index (κ1) is 18.7. The Balaban J connectivity index is 0.00000220. The highest BCUT2D eigenvalue weighted by atomic mass is 35.5. The number of hydrogen-bond acceptors (Lipinski definition) is 4. The lowest BCUT2D eigenvalue weighted by Gasteiger charge is -2.27. The van der Waals surface area contributed by atoms with E-state index in [0.29, 0.717) is 18.4 Å². The van der Waals surface area contributed by atoms with E-state index < -0.39 is 21.7 Å². The number of rotatable bonds is 6. The lowest BCUT2D eigenvalue weighted by Crippen LogP contribution is -2.49. The van der Waals surface area contributed by atoms with E-state index in [1.165, 1.54) is 0 Å². The summed E-state index contributed by atoms with van der Waals surface area (Å²) in [6, 6.07) is -0.000155. The van der Waals surface area contributed by atoms with Crippen molar-refractivity contribution in [2.75, 3.05) is 25.4 Å². The van der Waals surface area contributed by atoms with Gasteiger partial charge in [0, 0.05) is 31.6 Å². The standard InChI is InChI=1S/C13H25N3O3S.ClH/c1-10-2-4-12(5-3-10)16-20(18,19)9-13(17)15-8-11-6-14-7-11;/h10-12,14,16H,2-9H2,1H3,(H,15,17);1H. The zero-order valence-corrected chi connectivity index (χ0v) is 14.1. The van der Waals surface area contributed by atoms with E-state index in [2.05, 4.69) is 22.3 Å². The molecule has 1 heterocycles. The Labute approximate surface area is 133 Å². The number of carbonyl (C=O) groups excluding carboxylic acids is 1. The first-order chi connectivity index (χ1) is 9.44. The van der Waals surface area contributed by atoms with Gasteiger partial charge in [0.25, 0.3) is 0 Å². The molecule has 2 fully saturated rings. The molecule has 1 saturated carbocycles. The summed E-state index contributed by atoms with van der Waals surface area (Å²) < 4.78 is 26.5. The second kappa shape index (κ2) is 8.31. The van der Waals surface area contributed by atoms with E-state index in [1.54, 1.807) is 0 Å². The molecule has 0 unspecified atom stereocenters. The highest BCUT2D eigenvalue weighted by Gasteiger charge is 2.25. The quantitative estimate of drug-likeness (QED) is 0.647. The summed E-state index contributed by atoms with van der Waals surface area (Å²) in [6.07, 6.45) is 3.84. The van der Waals surface area contributed by atoms with Gasteiger partial charge in [-0.2, -0.15) is 0 Å². The smallest absolute Gasteiger partial charge is 0.236 e. The van der Waals surface area contributed by atoms with E-state index in [1.807, 2.05) is 0 Å². The molecule has 0 aromatic carbocycles. The maximum Gasteiger partial charge on any atom is 0.236 e. The normalized spacial score (nSPS) is 26.5. The molecule has 3 N–H and O–H groups in total. The Morgan fingerprint density at radius 1 is 1.19 bits per heavy atom. The fraction of sp³-hybridized carbons (Fsp3) is 0.923. The summed E-state index contributed by atoms with van der Waals surface area (Å²) >= 11 is 0. The first-order valence-corrected chi connectivity index (χ1v) is 9.07. The monoisotopic (exact) mass is 339 g/mol. The lowest BCUT2D eigenvalue weighted by atomic mass is 9.88. The molecule has 0 bridgehead atoms. The van der Waals surface area contributed by atoms with Crippen LogP contribution in [0.1, 0.15) is 32.6 Å². The van der Waals surface area contributed by atoms with Gasteiger partial charge in [0.1, 0.15) is 5.75 Å². The van der Waals surface area contributed by atoms with Crippen LogP contribution < -0.4 is 15.4 Å². The second-order valence-electron chi connectivity index (χ2n) is 6.16. The van der Waals surface area contributed by atoms with Crippen LogP contribution in [0.4, 0.5) is 0 Å². The molecule has 124 valence electrons. The van der Waals surface area contributed by atoms with Crippen molar-refractivity contribution in [1.29, 1.82) is 0 Å². The third kappa shape index (κ3) is 6.50. The van der Waals surface area contributed by atoms with Gasteiger partial charge in [-0.1, -0.05) is 6.92 Å². The Hall–Kier alpha value is -0.370. The maximum absolute atomic E-state index is 11.9. The molecular weight excluding hydrogens is 314 g/mol. The molecular formula is C13H26ClN3O3S. The van der Waals surface area contributed by atoms with Gasteiger partial charge in [-0.3, -0.25) is 4.79 Å². The van der Waals surface area contributed by atoms with Gasteiger partial charge in [0.2, 0.25) is 15.9 Å². The number of amides is 1. The second-order valence-corrected chi connectivity index (χ2v) is 7.92. The molecule has 0 aromatic heterocycles. The van der Waals surface area contributed by atoms with E-state index in [-0.39, 0.29) is 18.4 Å². The van der Waals surface area contributed by atoms with Crippen molar-refractivity contribution in [2.45, 2.75) is 38.6 Å². The summed E-state index contributed by atoms with van der Waals surface area (Å²) in [7, 11) is -3.51. The van der Waals surface area contributed by atoms with E-state index >= 15 is 0 Å². The molecule has 8 heteroatoms. The fourth-order valence-corrected chi connectivity index (χ4v) is 3.92. The van der Waals surface area contributed by atoms with Gasteiger partial charge in [-0.15, -0.1) is 12.4 Å².